The zero-order chi connectivity index (χ0) is 20.5. The fourth-order valence-corrected chi connectivity index (χ4v) is 4.44. The van der Waals surface area contributed by atoms with Crippen molar-refractivity contribution < 1.29 is 9.47 Å². The van der Waals surface area contributed by atoms with Crippen LogP contribution in [-0.2, 0) is 6.54 Å². The summed E-state index contributed by atoms with van der Waals surface area (Å²) in [7, 11) is 0. The van der Waals surface area contributed by atoms with Crippen LogP contribution < -0.4 is 14.3 Å². The summed E-state index contributed by atoms with van der Waals surface area (Å²) in [5.74, 6) is 1.52. The van der Waals surface area contributed by atoms with E-state index in [9.17, 15) is 0 Å². The number of nitrogens with zero attached hydrogens (tertiary/aromatic N) is 3. The molecule has 0 spiro atoms. The minimum Gasteiger partial charge on any atom is -0.454 e. The second-order valence-corrected chi connectivity index (χ2v) is 8.28. The quantitative estimate of drug-likeness (QED) is 0.383. The second-order valence-electron chi connectivity index (χ2n) is 6.63. The summed E-state index contributed by atoms with van der Waals surface area (Å²) in [6.07, 6.45) is 3.47. The summed E-state index contributed by atoms with van der Waals surface area (Å²) in [6, 6.07) is 15.4. The number of hydrogen-bond acceptors (Lipinski definition) is 5. The molecule has 4 aromatic rings. The molecule has 0 atom stereocenters. The molecule has 2 aromatic carbocycles. The van der Waals surface area contributed by atoms with Crippen LogP contribution in [0.25, 0.3) is 11.3 Å². The minimum atomic E-state index is 0.250. The maximum absolute atomic E-state index is 6.28. The Labute approximate surface area is 186 Å². The third-order valence-corrected chi connectivity index (χ3v) is 6.26. The Morgan fingerprint density at radius 2 is 1.93 bits per heavy atom. The van der Waals surface area contributed by atoms with Crippen molar-refractivity contribution in [2.24, 2.45) is 4.99 Å². The molecule has 0 bridgehead atoms. The third-order valence-electron chi connectivity index (χ3n) is 4.66. The number of benzene rings is 2. The van der Waals surface area contributed by atoms with Crippen molar-refractivity contribution in [1.82, 2.24) is 9.55 Å². The summed E-state index contributed by atoms with van der Waals surface area (Å²) in [5, 5.41) is 3.11. The van der Waals surface area contributed by atoms with E-state index in [1.807, 2.05) is 42.5 Å². The lowest BCUT2D eigenvalue weighted by Gasteiger charge is -2.11. The molecule has 0 saturated heterocycles. The number of rotatable bonds is 4. The standard InChI is InChI=1S/C22H15Cl2N3O2S/c23-17-5-4-15(9-18(17)24)19-12-30-22(26-16-2-1-7-25-10-16)27(19)11-14-3-6-20-21(8-14)29-13-28-20/h1-10,12H,11,13H2. The highest BCUT2D eigenvalue weighted by Gasteiger charge is 2.15. The van der Waals surface area contributed by atoms with Gasteiger partial charge in [-0.05, 0) is 42.0 Å². The van der Waals surface area contributed by atoms with Crippen molar-refractivity contribution in [2.45, 2.75) is 6.54 Å². The van der Waals surface area contributed by atoms with E-state index < -0.39 is 0 Å². The first-order chi connectivity index (χ1) is 14.7. The van der Waals surface area contributed by atoms with Crippen LogP contribution in [-0.4, -0.2) is 16.3 Å². The Morgan fingerprint density at radius 1 is 1.03 bits per heavy atom. The molecule has 3 heterocycles. The molecule has 0 aliphatic carbocycles. The summed E-state index contributed by atoms with van der Waals surface area (Å²) in [6.45, 7) is 0.856. The van der Waals surface area contributed by atoms with Gasteiger partial charge in [-0.15, -0.1) is 11.3 Å². The summed E-state index contributed by atoms with van der Waals surface area (Å²) in [4.78, 5) is 9.81. The van der Waals surface area contributed by atoms with Gasteiger partial charge in [0.2, 0.25) is 6.79 Å². The van der Waals surface area contributed by atoms with Crippen LogP contribution in [0.5, 0.6) is 11.5 Å². The van der Waals surface area contributed by atoms with Crippen LogP contribution in [0.1, 0.15) is 5.56 Å². The van der Waals surface area contributed by atoms with Gasteiger partial charge in [0.15, 0.2) is 16.3 Å². The molecule has 0 fully saturated rings. The van der Waals surface area contributed by atoms with Gasteiger partial charge < -0.3 is 14.0 Å². The maximum Gasteiger partial charge on any atom is 0.231 e. The van der Waals surface area contributed by atoms with Crippen LogP contribution in [0, 0.1) is 0 Å². The molecule has 0 radical (unpaired) electrons. The van der Waals surface area contributed by atoms with E-state index in [1.165, 1.54) is 0 Å². The first-order valence-corrected chi connectivity index (χ1v) is 10.8. The monoisotopic (exact) mass is 455 g/mol. The Balaban J connectivity index is 1.63. The minimum absolute atomic E-state index is 0.250. The SMILES string of the molecule is Clc1ccc(-c2csc(=Nc3cccnc3)n2Cc2ccc3c(c2)OCO3)cc1Cl. The number of halogens is 2. The Bertz CT molecular complexity index is 1290. The van der Waals surface area contributed by atoms with Crippen LogP contribution in [0.2, 0.25) is 10.0 Å². The number of hydrogen-bond donors (Lipinski definition) is 0. The summed E-state index contributed by atoms with van der Waals surface area (Å²) >= 11 is 14.0. The second kappa shape index (κ2) is 8.14. The Kier molecular flexibility index (Phi) is 5.21. The van der Waals surface area contributed by atoms with E-state index >= 15 is 0 Å². The lowest BCUT2D eigenvalue weighted by atomic mass is 10.1. The normalized spacial score (nSPS) is 13.1. The topological polar surface area (TPSA) is 48.6 Å². The molecule has 150 valence electrons. The predicted molar refractivity (Wildman–Crippen MR) is 119 cm³/mol. The molecule has 0 saturated carbocycles. The zero-order valence-electron chi connectivity index (χ0n) is 15.6. The molecular formula is C22H15Cl2N3O2S. The van der Waals surface area contributed by atoms with Crippen molar-refractivity contribution in [3.8, 4) is 22.8 Å². The molecule has 0 unspecified atom stereocenters. The summed E-state index contributed by atoms with van der Waals surface area (Å²) < 4.78 is 13.1. The fourth-order valence-electron chi connectivity index (χ4n) is 3.21. The first kappa shape index (κ1) is 19.2. The lowest BCUT2D eigenvalue weighted by molar-refractivity contribution is 0.174. The van der Waals surface area contributed by atoms with Gasteiger partial charge in [-0.1, -0.05) is 35.3 Å². The van der Waals surface area contributed by atoms with Gasteiger partial charge in [0.05, 0.1) is 34.2 Å². The molecule has 0 N–H and O–H groups in total. The van der Waals surface area contributed by atoms with Crippen LogP contribution in [0.3, 0.4) is 0 Å². The van der Waals surface area contributed by atoms with Gasteiger partial charge in [-0.2, -0.15) is 0 Å². The molecule has 8 heteroatoms. The average Bonchev–Trinajstić information content (AvgIpc) is 3.38. The lowest BCUT2D eigenvalue weighted by Crippen LogP contribution is -2.16. The van der Waals surface area contributed by atoms with Crippen molar-refractivity contribution >= 4 is 40.2 Å². The van der Waals surface area contributed by atoms with E-state index in [4.69, 9.17) is 37.7 Å². The average molecular weight is 456 g/mol. The maximum atomic E-state index is 6.28. The van der Waals surface area contributed by atoms with Crippen molar-refractivity contribution in [3.63, 3.8) is 0 Å². The van der Waals surface area contributed by atoms with Crippen LogP contribution in [0.15, 0.2) is 71.3 Å². The van der Waals surface area contributed by atoms with Crippen LogP contribution in [0.4, 0.5) is 5.69 Å². The molecule has 0 amide bonds. The highest BCUT2D eigenvalue weighted by Crippen LogP contribution is 2.33. The predicted octanol–water partition coefficient (Wildman–Crippen LogP) is 5.93. The van der Waals surface area contributed by atoms with E-state index in [2.05, 4.69) is 14.9 Å². The van der Waals surface area contributed by atoms with Gasteiger partial charge in [-0.25, -0.2) is 4.99 Å². The van der Waals surface area contributed by atoms with E-state index in [0.717, 1.165) is 38.8 Å². The van der Waals surface area contributed by atoms with E-state index in [-0.39, 0.29) is 6.79 Å². The molecule has 2 aromatic heterocycles. The molecule has 1 aliphatic heterocycles. The highest BCUT2D eigenvalue weighted by atomic mass is 35.5. The smallest absolute Gasteiger partial charge is 0.231 e. The van der Waals surface area contributed by atoms with E-state index in [1.54, 1.807) is 29.8 Å². The molecule has 1 aliphatic rings. The third kappa shape index (κ3) is 3.81. The van der Waals surface area contributed by atoms with Crippen molar-refractivity contribution in [2.75, 3.05) is 6.79 Å². The number of aromatic nitrogens is 2. The number of fused-ring (bicyclic) bond motifs is 1. The Hall–Kier alpha value is -2.80. The van der Waals surface area contributed by atoms with Gasteiger partial charge in [-0.3, -0.25) is 4.98 Å². The van der Waals surface area contributed by atoms with Crippen LogP contribution >= 0.6 is 34.5 Å². The zero-order valence-corrected chi connectivity index (χ0v) is 17.9. The van der Waals surface area contributed by atoms with Gasteiger partial charge >= 0.3 is 0 Å². The first-order valence-electron chi connectivity index (χ1n) is 9.14. The molecular weight excluding hydrogens is 441 g/mol. The number of pyridine rings is 1. The van der Waals surface area contributed by atoms with Gasteiger partial charge in [0.1, 0.15) is 0 Å². The fraction of sp³-hybridized carbons (Fsp3) is 0.0909. The Morgan fingerprint density at radius 3 is 2.77 bits per heavy atom. The van der Waals surface area contributed by atoms with Gasteiger partial charge in [0, 0.05) is 17.1 Å². The van der Waals surface area contributed by atoms with Gasteiger partial charge in [0.25, 0.3) is 0 Å². The highest BCUT2D eigenvalue weighted by molar-refractivity contribution is 7.07. The number of ether oxygens (including phenoxy) is 2. The summed E-state index contributed by atoms with van der Waals surface area (Å²) in [5.41, 5.74) is 3.83. The molecule has 5 rings (SSSR count). The van der Waals surface area contributed by atoms with E-state index in [0.29, 0.717) is 16.6 Å². The number of thiazole rings is 1. The molecule has 30 heavy (non-hydrogen) atoms. The molecule has 5 nitrogen and oxygen atoms in total. The van der Waals surface area contributed by atoms with Crippen molar-refractivity contribution in [3.05, 3.63) is 86.7 Å². The van der Waals surface area contributed by atoms with Crippen molar-refractivity contribution in [1.29, 1.82) is 0 Å². The largest absolute Gasteiger partial charge is 0.454 e.